The van der Waals surface area contributed by atoms with Crippen molar-refractivity contribution >= 4 is 34.6 Å². The molecule has 2 fully saturated rings. The van der Waals surface area contributed by atoms with Crippen molar-refractivity contribution in [3.63, 3.8) is 0 Å². The van der Waals surface area contributed by atoms with E-state index in [1.807, 2.05) is 49.9 Å². The topological polar surface area (TPSA) is 165 Å². The van der Waals surface area contributed by atoms with Crippen molar-refractivity contribution in [2.45, 2.75) is 84.5 Å². The average molecular weight is 773 g/mol. The summed E-state index contributed by atoms with van der Waals surface area (Å²) in [5.74, 6) is 0.889. The summed E-state index contributed by atoms with van der Waals surface area (Å²) < 4.78 is 4.77. The third-order valence-electron chi connectivity index (χ3n) is 11.3. The SMILES string of the molecule is COC(=O)N[C@H](C(=O)N1CCC[C@H]1c1ncc(-c2ccc(-c3cccc4c(-c5cnc([C@@H]6CCCN6C(=O)[C@@H](NC(C)=O)C(C)C)[nH]5)cccc34)cc2)[nH]1)C(C)C. The number of aromatic nitrogens is 4. The van der Waals surface area contributed by atoms with Gasteiger partial charge in [-0.2, -0.15) is 0 Å². The van der Waals surface area contributed by atoms with Crippen LogP contribution < -0.4 is 10.6 Å². The molecule has 57 heavy (non-hydrogen) atoms. The number of nitrogens with one attached hydrogen (secondary N) is 4. The van der Waals surface area contributed by atoms with Gasteiger partial charge < -0.3 is 35.1 Å². The maximum atomic E-state index is 13.6. The number of ether oxygens (including phenoxy) is 1. The number of imidazole rings is 2. The Hall–Kier alpha value is -5.98. The minimum absolute atomic E-state index is 0.0382. The van der Waals surface area contributed by atoms with Crippen LogP contribution in [-0.4, -0.2) is 85.8 Å². The van der Waals surface area contributed by atoms with Crippen LogP contribution in [0.1, 0.15) is 84.0 Å². The molecule has 5 aromatic rings. The Bertz CT molecular complexity index is 2260. The molecule has 4 heterocycles. The van der Waals surface area contributed by atoms with Crippen LogP contribution in [0.4, 0.5) is 4.79 Å². The summed E-state index contributed by atoms with van der Waals surface area (Å²) in [6.07, 6.45) is 6.33. The molecule has 13 heteroatoms. The number of alkyl carbamates (subject to hydrolysis) is 1. The monoisotopic (exact) mass is 772 g/mol. The molecule has 0 unspecified atom stereocenters. The lowest BCUT2D eigenvalue weighted by Gasteiger charge is -2.30. The summed E-state index contributed by atoms with van der Waals surface area (Å²) in [6.45, 7) is 10.4. The number of nitrogens with zero attached hydrogens (tertiary/aromatic N) is 4. The predicted octanol–water partition coefficient (Wildman–Crippen LogP) is 7.16. The quantitative estimate of drug-likeness (QED) is 0.111. The number of fused-ring (bicyclic) bond motifs is 1. The van der Waals surface area contributed by atoms with Crippen LogP contribution in [0.5, 0.6) is 0 Å². The highest BCUT2D eigenvalue weighted by molar-refractivity contribution is 6.04. The molecule has 3 aromatic carbocycles. The first-order valence-corrected chi connectivity index (χ1v) is 19.9. The minimum Gasteiger partial charge on any atom is -0.453 e. The van der Waals surface area contributed by atoms with Crippen molar-refractivity contribution in [2.75, 3.05) is 20.2 Å². The van der Waals surface area contributed by atoms with E-state index in [1.165, 1.54) is 14.0 Å². The highest BCUT2D eigenvalue weighted by atomic mass is 16.5. The van der Waals surface area contributed by atoms with Crippen LogP contribution >= 0.6 is 0 Å². The van der Waals surface area contributed by atoms with Crippen LogP contribution in [-0.2, 0) is 19.1 Å². The van der Waals surface area contributed by atoms with Gasteiger partial charge in [-0.3, -0.25) is 14.4 Å². The van der Waals surface area contributed by atoms with E-state index in [-0.39, 0.29) is 41.6 Å². The zero-order valence-electron chi connectivity index (χ0n) is 33.5. The fraction of sp³-hybridized carbons (Fsp3) is 0.409. The van der Waals surface area contributed by atoms with Gasteiger partial charge in [0.25, 0.3) is 0 Å². The Balaban J connectivity index is 1.09. The summed E-state index contributed by atoms with van der Waals surface area (Å²) in [5, 5.41) is 7.73. The third kappa shape index (κ3) is 8.01. The summed E-state index contributed by atoms with van der Waals surface area (Å²) in [5.41, 5.74) is 5.89. The zero-order chi connectivity index (χ0) is 40.4. The van der Waals surface area contributed by atoms with E-state index in [4.69, 9.17) is 14.7 Å². The largest absolute Gasteiger partial charge is 0.453 e. The van der Waals surface area contributed by atoms with Gasteiger partial charge in [-0.15, -0.1) is 0 Å². The van der Waals surface area contributed by atoms with E-state index in [0.29, 0.717) is 13.1 Å². The molecule has 2 aromatic heterocycles. The average Bonchev–Trinajstić information content (AvgIpc) is 4.05. The Morgan fingerprint density at radius 1 is 0.684 bits per heavy atom. The molecule has 4 N–H and O–H groups in total. The molecule has 0 radical (unpaired) electrons. The lowest BCUT2D eigenvalue weighted by atomic mass is 9.94. The van der Waals surface area contributed by atoms with Gasteiger partial charge in [-0.1, -0.05) is 88.4 Å². The number of hydrogen-bond acceptors (Lipinski definition) is 7. The molecule has 0 spiro atoms. The van der Waals surface area contributed by atoms with E-state index >= 15 is 0 Å². The van der Waals surface area contributed by atoms with Gasteiger partial charge in [-0.25, -0.2) is 14.8 Å². The van der Waals surface area contributed by atoms with Gasteiger partial charge in [0.15, 0.2) is 0 Å². The molecule has 0 aliphatic carbocycles. The summed E-state index contributed by atoms with van der Waals surface area (Å²) >= 11 is 0. The second kappa shape index (κ2) is 16.6. The number of hydrogen-bond donors (Lipinski definition) is 4. The van der Waals surface area contributed by atoms with Crippen LogP contribution in [0.15, 0.2) is 73.1 Å². The van der Waals surface area contributed by atoms with E-state index < -0.39 is 18.2 Å². The number of benzene rings is 3. The first kappa shape index (κ1) is 39.3. The van der Waals surface area contributed by atoms with Crippen molar-refractivity contribution in [1.82, 2.24) is 40.4 Å². The first-order valence-electron chi connectivity index (χ1n) is 19.9. The van der Waals surface area contributed by atoms with Gasteiger partial charge in [0.1, 0.15) is 23.7 Å². The van der Waals surface area contributed by atoms with Crippen molar-refractivity contribution in [3.8, 4) is 33.6 Å². The van der Waals surface area contributed by atoms with Crippen molar-refractivity contribution in [3.05, 3.63) is 84.7 Å². The maximum Gasteiger partial charge on any atom is 0.407 e. The zero-order valence-corrected chi connectivity index (χ0v) is 33.5. The molecule has 2 saturated heterocycles. The number of rotatable bonds is 11. The third-order valence-corrected chi connectivity index (χ3v) is 11.3. The first-order chi connectivity index (χ1) is 27.4. The lowest BCUT2D eigenvalue weighted by Crippen LogP contribution is -2.51. The van der Waals surface area contributed by atoms with Crippen molar-refractivity contribution in [2.24, 2.45) is 11.8 Å². The maximum absolute atomic E-state index is 13.6. The molecule has 7 rings (SSSR count). The predicted molar refractivity (Wildman–Crippen MR) is 219 cm³/mol. The van der Waals surface area contributed by atoms with Crippen LogP contribution in [0.3, 0.4) is 0 Å². The Labute approximate surface area is 333 Å². The Kier molecular flexibility index (Phi) is 11.5. The number of likely N-dealkylation sites (tertiary alicyclic amines) is 2. The van der Waals surface area contributed by atoms with E-state index in [2.05, 4.69) is 81.3 Å². The second-order valence-corrected chi connectivity index (χ2v) is 15.8. The van der Waals surface area contributed by atoms with Gasteiger partial charge in [0.2, 0.25) is 17.7 Å². The number of carbonyl (C=O) groups excluding carboxylic acids is 4. The number of methoxy groups -OCH3 is 1. The highest BCUT2D eigenvalue weighted by Gasteiger charge is 2.38. The normalized spacial score (nSPS) is 18.0. The standard InChI is InChI=1S/C44H52N8O5/c1-25(2)38(47-27(5)53)42(54)51-21-10-16-37(51)41-46-24-35(49-41)33-14-8-12-31-30(11-7-13-32(31)33)28-17-19-29(20-18-28)34-23-45-40(48-34)36-15-9-22-52(36)43(55)39(26(3)4)50-44(56)57-6/h7-8,11-14,17-20,23-26,36-39H,9-10,15-16,21-22H2,1-6H3,(H,45,48)(H,46,49)(H,47,53)(H,50,56)/t36-,37-,38-,39-/m0/s1. The molecule has 298 valence electrons. The minimum atomic E-state index is -0.692. The molecule has 13 nitrogen and oxygen atoms in total. The van der Waals surface area contributed by atoms with Crippen LogP contribution in [0.2, 0.25) is 0 Å². The number of amides is 4. The molecule has 4 atom stereocenters. The molecule has 0 saturated carbocycles. The van der Waals surface area contributed by atoms with Gasteiger partial charge in [0.05, 0.1) is 43.0 Å². The Morgan fingerprint density at radius 3 is 1.72 bits per heavy atom. The van der Waals surface area contributed by atoms with Crippen LogP contribution in [0, 0.1) is 11.8 Å². The van der Waals surface area contributed by atoms with E-state index in [1.54, 1.807) is 0 Å². The fourth-order valence-corrected chi connectivity index (χ4v) is 8.34. The van der Waals surface area contributed by atoms with Gasteiger partial charge in [-0.05, 0) is 65.0 Å². The summed E-state index contributed by atoms with van der Waals surface area (Å²) in [7, 11) is 1.29. The van der Waals surface area contributed by atoms with Crippen molar-refractivity contribution in [1.29, 1.82) is 0 Å². The molecule has 2 aliphatic heterocycles. The van der Waals surface area contributed by atoms with Gasteiger partial charge >= 0.3 is 6.09 Å². The molecule has 2 aliphatic rings. The van der Waals surface area contributed by atoms with Crippen molar-refractivity contribution < 1.29 is 23.9 Å². The lowest BCUT2D eigenvalue weighted by molar-refractivity contribution is -0.138. The van der Waals surface area contributed by atoms with Crippen LogP contribution in [0.25, 0.3) is 44.4 Å². The molecular formula is C44H52N8O5. The highest BCUT2D eigenvalue weighted by Crippen LogP contribution is 2.38. The molecule has 0 bridgehead atoms. The second-order valence-electron chi connectivity index (χ2n) is 15.8. The fourth-order valence-electron chi connectivity index (χ4n) is 8.34. The smallest absolute Gasteiger partial charge is 0.407 e. The number of carbonyl (C=O) groups is 4. The summed E-state index contributed by atoms with van der Waals surface area (Å²) in [4.78, 5) is 71.3. The van der Waals surface area contributed by atoms with E-state index in [0.717, 1.165) is 81.7 Å². The molecular weight excluding hydrogens is 721 g/mol. The van der Waals surface area contributed by atoms with Gasteiger partial charge in [0, 0.05) is 25.6 Å². The summed E-state index contributed by atoms with van der Waals surface area (Å²) in [6, 6.07) is 19.3. The number of aromatic amines is 2. The number of H-pyrrole nitrogens is 2. The Morgan fingerprint density at radius 2 is 1.18 bits per heavy atom. The molecule has 4 amide bonds. The van der Waals surface area contributed by atoms with E-state index in [9.17, 15) is 19.2 Å².